The van der Waals surface area contributed by atoms with Crippen molar-refractivity contribution in [2.24, 2.45) is 11.3 Å². The number of nitrogens with zero attached hydrogens (tertiary/aromatic N) is 1. The molecular formula is C15H29NO2. The Balaban J connectivity index is 2.23. The van der Waals surface area contributed by atoms with Crippen LogP contribution in [0.5, 0.6) is 0 Å². The molecule has 0 bridgehead atoms. The Morgan fingerprint density at radius 2 is 1.83 bits per heavy atom. The molecule has 1 aliphatic rings. The van der Waals surface area contributed by atoms with Crippen molar-refractivity contribution in [2.45, 2.75) is 52.9 Å². The highest BCUT2D eigenvalue weighted by atomic mass is 16.5. The van der Waals surface area contributed by atoms with Crippen molar-refractivity contribution in [3.05, 3.63) is 0 Å². The van der Waals surface area contributed by atoms with Gasteiger partial charge in [-0.2, -0.15) is 0 Å². The molecule has 0 aromatic heterocycles. The first kappa shape index (κ1) is 15.5. The summed E-state index contributed by atoms with van der Waals surface area (Å²) in [6.45, 7) is 9.58. The highest BCUT2D eigenvalue weighted by Gasteiger charge is 2.29. The van der Waals surface area contributed by atoms with E-state index in [1.807, 2.05) is 0 Å². The van der Waals surface area contributed by atoms with E-state index in [2.05, 4.69) is 25.7 Å². The molecule has 3 heteroatoms. The van der Waals surface area contributed by atoms with Crippen LogP contribution in [-0.4, -0.2) is 37.6 Å². The quantitative estimate of drug-likeness (QED) is 0.707. The van der Waals surface area contributed by atoms with Crippen molar-refractivity contribution in [3.63, 3.8) is 0 Å². The second kappa shape index (κ2) is 7.13. The molecule has 0 aromatic carbocycles. The summed E-state index contributed by atoms with van der Waals surface area (Å²) in [6.07, 6.45) is 4.94. The summed E-state index contributed by atoms with van der Waals surface area (Å²) in [4.78, 5) is 14.1. The van der Waals surface area contributed by atoms with Gasteiger partial charge in [-0.3, -0.25) is 4.79 Å². The van der Waals surface area contributed by atoms with Gasteiger partial charge in [0.2, 0.25) is 5.91 Å². The van der Waals surface area contributed by atoms with Crippen LogP contribution in [-0.2, 0) is 9.53 Å². The van der Waals surface area contributed by atoms with Crippen LogP contribution in [0.25, 0.3) is 0 Å². The molecule has 1 amide bonds. The monoisotopic (exact) mass is 255 g/mol. The van der Waals surface area contributed by atoms with E-state index in [-0.39, 0.29) is 0 Å². The average Bonchev–Trinajstić information content (AvgIpc) is 2.33. The second-order valence-corrected chi connectivity index (χ2v) is 6.47. The van der Waals surface area contributed by atoms with Crippen LogP contribution in [0, 0.1) is 11.3 Å². The molecular weight excluding hydrogens is 226 g/mol. The number of carbonyl (C=O) groups excluding carboxylic acids is 1. The summed E-state index contributed by atoms with van der Waals surface area (Å²) >= 11 is 0. The van der Waals surface area contributed by atoms with E-state index < -0.39 is 0 Å². The topological polar surface area (TPSA) is 29.5 Å². The zero-order chi connectivity index (χ0) is 13.6. The Morgan fingerprint density at radius 1 is 1.22 bits per heavy atom. The molecule has 0 unspecified atom stereocenters. The van der Waals surface area contributed by atoms with Crippen molar-refractivity contribution < 1.29 is 9.53 Å². The van der Waals surface area contributed by atoms with Gasteiger partial charge in [-0.15, -0.1) is 0 Å². The molecule has 0 atom stereocenters. The van der Waals surface area contributed by atoms with E-state index in [1.54, 1.807) is 7.11 Å². The van der Waals surface area contributed by atoms with Crippen molar-refractivity contribution in [1.29, 1.82) is 0 Å². The van der Waals surface area contributed by atoms with Gasteiger partial charge in [0.15, 0.2) is 0 Å². The summed E-state index contributed by atoms with van der Waals surface area (Å²) in [7, 11) is 1.71. The molecule has 0 saturated carbocycles. The summed E-state index contributed by atoms with van der Waals surface area (Å²) in [6, 6.07) is 0. The van der Waals surface area contributed by atoms with Crippen LogP contribution >= 0.6 is 0 Å². The normalized spacial score (nSPS) is 18.1. The van der Waals surface area contributed by atoms with Gasteiger partial charge in [0, 0.05) is 33.2 Å². The highest BCUT2D eigenvalue weighted by molar-refractivity contribution is 5.76. The van der Waals surface area contributed by atoms with Gasteiger partial charge in [-0.1, -0.05) is 20.8 Å². The van der Waals surface area contributed by atoms with Crippen LogP contribution < -0.4 is 0 Å². The molecule has 1 aliphatic heterocycles. The van der Waals surface area contributed by atoms with Gasteiger partial charge in [0.1, 0.15) is 0 Å². The number of unbranched alkanes of at least 4 members (excludes halogenated alkanes) is 1. The van der Waals surface area contributed by atoms with Crippen LogP contribution in [0.4, 0.5) is 0 Å². The third-order valence-electron chi connectivity index (χ3n) is 4.06. The molecule has 0 aliphatic carbocycles. The lowest BCUT2D eigenvalue weighted by atomic mass is 9.75. The maximum absolute atomic E-state index is 12.0. The van der Waals surface area contributed by atoms with Crippen LogP contribution in [0.1, 0.15) is 52.9 Å². The zero-order valence-electron chi connectivity index (χ0n) is 12.5. The largest absolute Gasteiger partial charge is 0.385 e. The van der Waals surface area contributed by atoms with Crippen molar-refractivity contribution in [2.75, 3.05) is 26.8 Å². The third kappa shape index (κ3) is 4.97. The summed E-state index contributed by atoms with van der Waals surface area (Å²) in [5, 5.41) is 0. The third-order valence-corrected chi connectivity index (χ3v) is 4.06. The predicted octanol–water partition coefficient (Wildman–Crippen LogP) is 3.09. The molecule has 18 heavy (non-hydrogen) atoms. The minimum Gasteiger partial charge on any atom is -0.385 e. The average molecular weight is 255 g/mol. The number of hydrogen-bond donors (Lipinski definition) is 0. The van der Waals surface area contributed by atoms with Gasteiger partial charge in [0.05, 0.1) is 0 Å². The van der Waals surface area contributed by atoms with E-state index in [1.165, 1.54) is 0 Å². The first-order valence-electron chi connectivity index (χ1n) is 7.22. The lowest BCUT2D eigenvalue weighted by molar-refractivity contribution is -0.133. The smallest absolute Gasteiger partial charge is 0.222 e. The molecule has 106 valence electrons. The van der Waals surface area contributed by atoms with Crippen LogP contribution in [0.2, 0.25) is 0 Å². The Morgan fingerprint density at radius 3 is 2.33 bits per heavy atom. The Kier molecular flexibility index (Phi) is 6.13. The highest BCUT2D eigenvalue weighted by Crippen LogP contribution is 2.34. The predicted molar refractivity (Wildman–Crippen MR) is 74.5 cm³/mol. The molecule has 1 rings (SSSR count). The maximum Gasteiger partial charge on any atom is 0.222 e. The van der Waals surface area contributed by atoms with Gasteiger partial charge in [-0.05, 0) is 37.0 Å². The molecule has 0 aromatic rings. The molecule has 0 radical (unpaired) electrons. The number of rotatable bonds is 5. The van der Waals surface area contributed by atoms with Crippen LogP contribution in [0.15, 0.2) is 0 Å². The molecule has 0 spiro atoms. The van der Waals surface area contributed by atoms with Crippen molar-refractivity contribution in [1.82, 2.24) is 4.90 Å². The molecule has 1 fully saturated rings. The second-order valence-electron chi connectivity index (χ2n) is 6.47. The fourth-order valence-electron chi connectivity index (χ4n) is 2.68. The lowest BCUT2D eigenvalue weighted by Gasteiger charge is -2.38. The minimum absolute atomic E-state index is 0.332. The van der Waals surface area contributed by atoms with Crippen molar-refractivity contribution in [3.8, 4) is 0 Å². The number of carbonyl (C=O) groups is 1. The zero-order valence-corrected chi connectivity index (χ0v) is 12.5. The number of piperidine rings is 1. The first-order valence-corrected chi connectivity index (χ1v) is 7.22. The van der Waals surface area contributed by atoms with E-state index in [0.29, 0.717) is 17.7 Å². The number of hydrogen-bond acceptors (Lipinski definition) is 2. The first-order chi connectivity index (χ1) is 8.45. The molecule has 3 nitrogen and oxygen atoms in total. The fraction of sp³-hybridized carbons (Fsp3) is 0.933. The Labute approximate surface area is 112 Å². The summed E-state index contributed by atoms with van der Waals surface area (Å²) in [5.74, 6) is 1.09. The summed E-state index contributed by atoms with van der Waals surface area (Å²) < 4.78 is 5.00. The summed E-state index contributed by atoms with van der Waals surface area (Å²) in [5.41, 5.74) is 0.383. The number of amides is 1. The lowest BCUT2D eigenvalue weighted by Crippen LogP contribution is -2.41. The molecule has 0 N–H and O–H groups in total. The van der Waals surface area contributed by atoms with Gasteiger partial charge >= 0.3 is 0 Å². The molecule has 1 heterocycles. The van der Waals surface area contributed by atoms with E-state index in [4.69, 9.17) is 4.74 Å². The number of ether oxygens (including phenoxy) is 1. The minimum atomic E-state index is 0.332. The van der Waals surface area contributed by atoms with E-state index in [0.717, 1.165) is 51.3 Å². The van der Waals surface area contributed by atoms with E-state index >= 15 is 0 Å². The van der Waals surface area contributed by atoms with Gasteiger partial charge in [0.25, 0.3) is 0 Å². The fourth-order valence-corrected chi connectivity index (χ4v) is 2.68. The number of methoxy groups -OCH3 is 1. The van der Waals surface area contributed by atoms with E-state index in [9.17, 15) is 4.79 Å². The number of likely N-dealkylation sites (tertiary alicyclic amines) is 1. The van der Waals surface area contributed by atoms with Gasteiger partial charge < -0.3 is 9.64 Å². The standard InChI is InChI=1S/C15H29NO2/c1-15(2,3)13-8-10-16(11-9-13)14(17)7-5-6-12-18-4/h13H,5-12H2,1-4H3. The Hall–Kier alpha value is -0.570. The Bertz CT molecular complexity index is 250. The maximum atomic E-state index is 12.0. The SMILES string of the molecule is COCCCCC(=O)N1CCC(C(C)(C)C)CC1. The van der Waals surface area contributed by atoms with Crippen molar-refractivity contribution >= 4 is 5.91 Å². The van der Waals surface area contributed by atoms with Gasteiger partial charge in [-0.25, -0.2) is 0 Å². The van der Waals surface area contributed by atoms with Crippen LogP contribution in [0.3, 0.4) is 0 Å². The molecule has 1 saturated heterocycles.